The van der Waals surface area contributed by atoms with Gasteiger partial charge in [-0.25, -0.2) is 0 Å². The molecule has 1 fully saturated rings. The van der Waals surface area contributed by atoms with E-state index in [0.29, 0.717) is 4.90 Å². The lowest BCUT2D eigenvalue weighted by atomic mass is 9.90. The van der Waals surface area contributed by atoms with Gasteiger partial charge in [0.15, 0.2) is 5.78 Å². The van der Waals surface area contributed by atoms with Crippen LogP contribution in [0.1, 0.15) is 36.0 Å². The third kappa shape index (κ3) is 3.64. The molecule has 130 valence electrons. The van der Waals surface area contributed by atoms with Crippen molar-refractivity contribution in [2.24, 2.45) is 5.92 Å². The van der Waals surface area contributed by atoms with Crippen LogP contribution in [-0.2, 0) is 26.8 Å². The molecule has 0 amide bonds. The molecular weight excluding hydrogens is 332 g/mol. The maximum absolute atomic E-state index is 12.8. The first-order valence-corrected chi connectivity index (χ1v) is 9.92. The molecule has 3 rings (SSSR count). The van der Waals surface area contributed by atoms with Gasteiger partial charge in [-0.05, 0) is 42.2 Å². The molecule has 3 unspecified atom stereocenters. The quantitative estimate of drug-likeness (QED) is 0.771. The summed E-state index contributed by atoms with van der Waals surface area (Å²) in [5.41, 5.74) is 2.98. The lowest BCUT2D eigenvalue weighted by molar-refractivity contribution is -0.124. The van der Waals surface area contributed by atoms with Gasteiger partial charge in [-0.3, -0.25) is 13.8 Å². The first-order chi connectivity index (χ1) is 12.0. The van der Waals surface area contributed by atoms with Crippen LogP contribution in [0.5, 0.6) is 0 Å². The van der Waals surface area contributed by atoms with Gasteiger partial charge in [-0.2, -0.15) is 0 Å². The molecule has 2 aromatic carbocycles. The third-order valence-corrected chi connectivity index (χ3v) is 6.37. The van der Waals surface area contributed by atoms with Crippen LogP contribution in [0.4, 0.5) is 0 Å². The van der Waals surface area contributed by atoms with Gasteiger partial charge in [0.1, 0.15) is 11.7 Å². The highest BCUT2D eigenvalue weighted by Crippen LogP contribution is 2.35. The third-order valence-electron chi connectivity index (χ3n) is 4.87. The minimum atomic E-state index is -1.26. The highest BCUT2D eigenvalue weighted by molar-refractivity contribution is 7.85. The topological polar surface area (TPSA) is 51.2 Å². The molecule has 1 aliphatic rings. The van der Waals surface area contributed by atoms with Crippen molar-refractivity contribution >= 4 is 22.4 Å². The summed E-state index contributed by atoms with van der Waals surface area (Å²) in [6.07, 6.45) is 1.11. The van der Waals surface area contributed by atoms with Gasteiger partial charge in [0, 0.05) is 23.0 Å². The number of Topliss-reactive ketones (excluding diaryl/α,β-unsaturated/α-hetero) is 2. The normalized spacial score (nSPS) is 21.5. The number of hydrogen-bond acceptors (Lipinski definition) is 3. The van der Waals surface area contributed by atoms with E-state index < -0.39 is 22.6 Å². The van der Waals surface area contributed by atoms with Crippen LogP contribution in [0.2, 0.25) is 0 Å². The zero-order chi connectivity index (χ0) is 18.0. The number of hydrogen-bond donors (Lipinski definition) is 0. The van der Waals surface area contributed by atoms with E-state index >= 15 is 0 Å². The number of benzene rings is 2. The molecule has 3 nitrogen and oxygen atoms in total. The molecule has 0 N–H and O–H groups in total. The lowest BCUT2D eigenvalue weighted by Crippen LogP contribution is -2.20. The van der Waals surface area contributed by atoms with Gasteiger partial charge in [-0.15, -0.1) is 0 Å². The molecule has 0 bridgehead atoms. The van der Waals surface area contributed by atoms with Crippen molar-refractivity contribution in [1.29, 1.82) is 0 Å². The van der Waals surface area contributed by atoms with Gasteiger partial charge < -0.3 is 0 Å². The van der Waals surface area contributed by atoms with Crippen LogP contribution in [0.15, 0.2) is 53.4 Å². The monoisotopic (exact) mass is 354 g/mol. The van der Waals surface area contributed by atoms with Crippen molar-refractivity contribution in [3.63, 3.8) is 0 Å². The van der Waals surface area contributed by atoms with Gasteiger partial charge in [0.25, 0.3) is 0 Å². The van der Waals surface area contributed by atoms with E-state index in [1.165, 1.54) is 5.56 Å². The van der Waals surface area contributed by atoms with Gasteiger partial charge in [-0.1, -0.05) is 43.3 Å². The molecule has 3 atom stereocenters. The van der Waals surface area contributed by atoms with E-state index in [9.17, 15) is 13.8 Å². The van der Waals surface area contributed by atoms with Crippen LogP contribution in [-0.4, -0.2) is 21.5 Å². The summed E-state index contributed by atoms with van der Waals surface area (Å²) >= 11 is 0. The highest BCUT2D eigenvalue weighted by atomic mass is 32.2. The van der Waals surface area contributed by atoms with E-state index in [-0.39, 0.29) is 23.7 Å². The summed E-state index contributed by atoms with van der Waals surface area (Å²) < 4.78 is 12.5. The van der Waals surface area contributed by atoms with Crippen molar-refractivity contribution in [3.8, 4) is 0 Å². The Kier molecular flexibility index (Phi) is 5.28. The Hall–Kier alpha value is -2.07. The Labute approximate surface area is 150 Å². The Balaban J connectivity index is 1.80. The Morgan fingerprint density at radius 1 is 1.08 bits per heavy atom. The van der Waals surface area contributed by atoms with E-state index in [2.05, 4.69) is 6.92 Å². The fourth-order valence-corrected chi connectivity index (χ4v) is 4.76. The Morgan fingerprint density at radius 3 is 2.44 bits per heavy atom. The molecule has 0 saturated heterocycles. The van der Waals surface area contributed by atoms with Crippen molar-refractivity contribution < 1.29 is 13.8 Å². The van der Waals surface area contributed by atoms with Crippen LogP contribution in [0.25, 0.3) is 0 Å². The molecular formula is C21H22O3S. The average Bonchev–Trinajstić information content (AvgIpc) is 2.89. The van der Waals surface area contributed by atoms with Crippen LogP contribution in [0.3, 0.4) is 0 Å². The van der Waals surface area contributed by atoms with Crippen LogP contribution < -0.4 is 0 Å². The zero-order valence-electron chi connectivity index (χ0n) is 14.5. The number of carbonyl (C=O) groups excluding carboxylic acids is 2. The summed E-state index contributed by atoms with van der Waals surface area (Å²) in [4.78, 5) is 26.0. The summed E-state index contributed by atoms with van der Waals surface area (Å²) in [5.74, 6) is -1.06. The maximum Gasteiger partial charge on any atom is 0.152 e. The maximum atomic E-state index is 12.8. The largest absolute Gasteiger partial charge is 0.298 e. The molecule has 1 saturated carbocycles. The van der Waals surface area contributed by atoms with E-state index in [1.54, 1.807) is 12.1 Å². The molecule has 0 aromatic heterocycles. The molecule has 1 aliphatic carbocycles. The van der Waals surface area contributed by atoms with Crippen molar-refractivity contribution in [2.45, 2.75) is 37.5 Å². The number of rotatable bonds is 5. The molecule has 0 heterocycles. The summed E-state index contributed by atoms with van der Waals surface area (Å²) in [6.45, 7) is 4.03. The predicted molar refractivity (Wildman–Crippen MR) is 99.1 cm³/mol. The van der Waals surface area contributed by atoms with Crippen molar-refractivity contribution in [2.75, 3.05) is 5.75 Å². The number of ketones is 2. The zero-order valence-corrected chi connectivity index (χ0v) is 15.3. The summed E-state index contributed by atoms with van der Waals surface area (Å²) in [5, 5.41) is 0. The average molecular weight is 354 g/mol. The van der Waals surface area contributed by atoms with E-state index in [0.717, 1.165) is 17.5 Å². The van der Waals surface area contributed by atoms with Gasteiger partial charge >= 0.3 is 0 Å². The molecule has 4 heteroatoms. The summed E-state index contributed by atoms with van der Waals surface area (Å²) in [6, 6.07) is 15.1. The molecule has 0 aliphatic heterocycles. The molecule has 2 aromatic rings. The smallest absolute Gasteiger partial charge is 0.152 e. The SMILES string of the molecule is CCc1ccc(C2C(=O)CC(CS(=O)c3ccccc3)C2=O)c(C)c1. The fraction of sp³-hybridized carbons (Fsp3) is 0.333. The number of carbonyl (C=O) groups is 2. The minimum absolute atomic E-state index is 0.0487. The van der Waals surface area contributed by atoms with Crippen molar-refractivity contribution in [3.05, 3.63) is 65.2 Å². The lowest BCUT2D eigenvalue weighted by Gasteiger charge is -2.13. The molecule has 0 radical (unpaired) electrons. The number of aryl methyl sites for hydroxylation is 2. The van der Waals surface area contributed by atoms with E-state index in [1.807, 2.05) is 43.3 Å². The van der Waals surface area contributed by atoms with Gasteiger partial charge in [0.05, 0.1) is 10.8 Å². The highest BCUT2D eigenvalue weighted by Gasteiger charge is 2.43. The Morgan fingerprint density at radius 2 is 1.80 bits per heavy atom. The van der Waals surface area contributed by atoms with Crippen molar-refractivity contribution in [1.82, 2.24) is 0 Å². The second-order valence-electron chi connectivity index (χ2n) is 6.57. The predicted octanol–water partition coefficient (Wildman–Crippen LogP) is 3.61. The van der Waals surface area contributed by atoms with Gasteiger partial charge in [0.2, 0.25) is 0 Å². The molecule has 25 heavy (non-hydrogen) atoms. The summed E-state index contributed by atoms with van der Waals surface area (Å²) in [7, 11) is -1.26. The first-order valence-electron chi connectivity index (χ1n) is 8.60. The Bertz CT molecular complexity index is 826. The minimum Gasteiger partial charge on any atom is -0.298 e. The fourth-order valence-electron chi connectivity index (χ4n) is 3.46. The molecule has 0 spiro atoms. The van der Waals surface area contributed by atoms with Crippen LogP contribution >= 0.6 is 0 Å². The second kappa shape index (κ2) is 7.44. The van der Waals surface area contributed by atoms with Crippen LogP contribution in [0, 0.1) is 12.8 Å². The first kappa shape index (κ1) is 17.7. The van der Waals surface area contributed by atoms with E-state index in [4.69, 9.17) is 0 Å². The standard InChI is InChI=1S/C21H22O3S/c1-3-15-9-10-18(14(2)11-15)20-19(22)12-16(21(20)23)13-25(24)17-7-5-4-6-8-17/h4-11,16,20H,3,12-13H2,1-2H3. The second-order valence-corrected chi connectivity index (χ2v) is 8.07.